The van der Waals surface area contributed by atoms with E-state index in [0.29, 0.717) is 25.7 Å². The number of allylic oxidation sites excluding steroid dienone is 3. The van der Waals surface area contributed by atoms with Crippen LogP contribution in [0.2, 0.25) is 0 Å². The van der Waals surface area contributed by atoms with E-state index in [0.717, 1.165) is 32.1 Å². The summed E-state index contributed by atoms with van der Waals surface area (Å²) in [6.07, 6.45) is 16.4. The predicted molar refractivity (Wildman–Crippen MR) is 113 cm³/mol. The first-order valence-corrected chi connectivity index (χ1v) is 10.9. The fourth-order valence-electron chi connectivity index (χ4n) is 4.64. The maximum Gasteiger partial charge on any atom is 0.303 e. The van der Waals surface area contributed by atoms with Crippen LogP contribution in [0.3, 0.4) is 0 Å². The molecule has 2 rings (SSSR count). The number of carboxylic acids is 1. The summed E-state index contributed by atoms with van der Waals surface area (Å²) in [6.45, 7) is 3.78. The highest BCUT2D eigenvalue weighted by Gasteiger charge is 2.42. The molecular weight excluding hydrogens is 368 g/mol. The van der Waals surface area contributed by atoms with Crippen molar-refractivity contribution in [2.45, 2.75) is 82.8 Å². The second kappa shape index (κ2) is 11.5. The van der Waals surface area contributed by atoms with Gasteiger partial charge in [0.2, 0.25) is 0 Å². The zero-order valence-electron chi connectivity index (χ0n) is 17.3. The van der Waals surface area contributed by atoms with Gasteiger partial charge in [0.15, 0.2) is 0 Å². The van der Waals surface area contributed by atoms with Crippen LogP contribution in [0.15, 0.2) is 37.0 Å². The molecule has 0 bridgehead atoms. The number of rotatable bonds is 13. The molecule has 5 nitrogen and oxygen atoms in total. The van der Waals surface area contributed by atoms with Gasteiger partial charge in [-0.3, -0.25) is 9.59 Å². The molecule has 0 spiro atoms. The van der Waals surface area contributed by atoms with Crippen LogP contribution in [-0.4, -0.2) is 39.3 Å². The third-order valence-electron chi connectivity index (χ3n) is 6.67. The molecule has 0 aromatic heterocycles. The van der Waals surface area contributed by atoms with Crippen molar-refractivity contribution in [2.24, 2.45) is 17.3 Å². The van der Waals surface area contributed by atoms with Gasteiger partial charge < -0.3 is 15.3 Å². The molecule has 2 aliphatic carbocycles. The molecule has 0 amide bonds. The van der Waals surface area contributed by atoms with Crippen molar-refractivity contribution in [1.82, 2.24) is 0 Å². The SMILES string of the molecule is C=CCCC1(C(O)C/C=C/[C@H]2[C@H](O)CC(=O)[C@@H]2C/C=C\CCCC(=O)O)CCC1. The van der Waals surface area contributed by atoms with Crippen LogP contribution in [0.4, 0.5) is 0 Å². The van der Waals surface area contributed by atoms with E-state index < -0.39 is 18.2 Å². The van der Waals surface area contributed by atoms with Crippen molar-refractivity contribution < 1.29 is 24.9 Å². The smallest absolute Gasteiger partial charge is 0.303 e. The molecule has 0 aliphatic heterocycles. The third kappa shape index (κ3) is 6.65. The summed E-state index contributed by atoms with van der Waals surface area (Å²) in [6, 6.07) is 0. The molecule has 0 radical (unpaired) electrons. The number of carboxylic acid groups (broad SMARTS) is 1. The highest BCUT2D eigenvalue weighted by atomic mass is 16.4. The Balaban J connectivity index is 1.86. The van der Waals surface area contributed by atoms with Crippen molar-refractivity contribution in [3.05, 3.63) is 37.0 Å². The van der Waals surface area contributed by atoms with Gasteiger partial charge >= 0.3 is 5.97 Å². The van der Waals surface area contributed by atoms with E-state index in [2.05, 4.69) is 6.58 Å². The van der Waals surface area contributed by atoms with Gasteiger partial charge in [0, 0.05) is 24.7 Å². The van der Waals surface area contributed by atoms with Gasteiger partial charge in [-0.15, -0.1) is 6.58 Å². The van der Waals surface area contributed by atoms with Gasteiger partial charge in [0.1, 0.15) is 5.78 Å². The van der Waals surface area contributed by atoms with Crippen molar-refractivity contribution in [3.63, 3.8) is 0 Å². The fourth-order valence-corrected chi connectivity index (χ4v) is 4.64. The van der Waals surface area contributed by atoms with E-state index >= 15 is 0 Å². The van der Waals surface area contributed by atoms with Crippen LogP contribution in [0.1, 0.15) is 70.6 Å². The summed E-state index contributed by atoms with van der Waals surface area (Å²) >= 11 is 0. The van der Waals surface area contributed by atoms with Gasteiger partial charge in [0.25, 0.3) is 0 Å². The van der Waals surface area contributed by atoms with Gasteiger partial charge in [-0.25, -0.2) is 0 Å². The number of hydrogen-bond donors (Lipinski definition) is 3. The molecule has 2 fully saturated rings. The minimum Gasteiger partial charge on any atom is -0.481 e. The molecule has 2 aliphatic rings. The summed E-state index contributed by atoms with van der Waals surface area (Å²) in [5.41, 5.74) is 0.000727. The summed E-state index contributed by atoms with van der Waals surface area (Å²) in [5, 5.41) is 29.6. The minimum atomic E-state index is -0.798. The highest BCUT2D eigenvalue weighted by Crippen LogP contribution is 2.48. The third-order valence-corrected chi connectivity index (χ3v) is 6.67. The van der Waals surface area contributed by atoms with E-state index in [-0.39, 0.29) is 35.9 Å². The first-order valence-electron chi connectivity index (χ1n) is 10.9. The Hall–Kier alpha value is -1.72. The molecule has 0 saturated heterocycles. The Labute approximate surface area is 174 Å². The average Bonchev–Trinajstić information content (AvgIpc) is 2.90. The van der Waals surface area contributed by atoms with Crippen molar-refractivity contribution in [3.8, 4) is 0 Å². The standard InChI is InChI=1S/C24H36O5/c1-2-3-14-24(15-9-16-24)22(27)12-8-11-19-18(20(25)17-21(19)26)10-6-4-5-7-13-23(28)29/h2,4,6,8,11,18-19,21-22,26-27H,1,3,5,7,9-10,12-17H2,(H,28,29)/b6-4-,11-8+/t18-,19-,21-,22?/m1/s1. The quantitative estimate of drug-likeness (QED) is 0.316. The first-order chi connectivity index (χ1) is 13.9. The zero-order chi connectivity index (χ0) is 21.3. The Morgan fingerprint density at radius 2 is 2.00 bits per heavy atom. The van der Waals surface area contributed by atoms with Crippen LogP contribution in [-0.2, 0) is 9.59 Å². The summed E-state index contributed by atoms with van der Waals surface area (Å²) in [7, 11) is 0. The predicted octanol–water partition coefficient (Wildman–Crippen LogP) is 4.20. The number of unbranched alkanes of at least 4 members (excludes halogenated alkanes) is 1. The Bertz CT molecular complexity index is 617. The van der Waals surface area contributed by atoms with Gasteiger partial charge in [0.05, 0.1) is 12.2 Å². The number of carbonyl (C=O) groups is 2. The summed E-state index contributed by atoms with van der Waals surface area (Å²) in [5.74, 6) is -1.19. The molecule has 0 heterocycles. The Morgan fingerprint density at radius 1 is 1.24 bits per heavy atom. The Kier molecular flexibility index (Phi) is 9.31. The van der Waals surface area contributed by atoms with Crippen LogP contribution in [0.25, 0.3) is 0 Å². The highest BCUT2D eigenvalue weighted by molar-refractivity contribution is 5.84. The molecule has 162 valence electrons. The lowest BCUT2D eigenvalue weighted by Crippen LogP contribution is -2.41. The average molecular weight is 405 g/mol. The lowest BCUT2D eigenvalue weighted by atomic mass is 9.62. The normalized spacial score (nSPS) is 27.4. The number of Topliss-reactive ketones (excluding diaryl/α,β-unsaturated/α-hetero) is 1. The van der Waals surface area contributed by atoms with Crippen molar-refractivity contribution in [1.29, 1.82) is 0 Å². The van der Waals surface area contributed by atoms with Gasteiger partial charge in [-0.2, -0.15) is 0 Å². The van der Waals surface area contributed by atoms with E-state index in [1.54, 1.807) is 0 Å². The zero-order valence-corrected chi connectivity index (χ0v) is 17.3. The molecule has 4 atom stereocenters. The van der Waals surface area contributed by atoms with E-state index in [1.807, 2.05) is 30.4 Å². The lowest BCUT2D eigenvalue weighted by Gasteiger charge is -2.45. The van der Waals surface area contributed by atoms with Crippen molar-refractivity contribution >= 4 is 11.8 Å². The molecule has 29 heavy (non-hydrogen) atoms. The van der Waals surface area contributed by atoms with Crippen molar-refractivity contribution in [2.75, 3.05) is 0 Å². The number of hydrogen-bond acceptors (Lipinski definition) is 4. The summed E-state index contributed by atoms with van der Waals surface area (Å²) < 4.78 is 0. The van der Waals surface area contributed by atoms with Gasteiger partial charge in [-0.05, 0) is 56.8 Å². The van der Waals surface area contributed by atoms with Crippen LogP contribution < -0.4 is 0 Å². The fraction of sp³-hybridized carbons (Fsp3) is 0.667. The topological polar surface area (TPSA) is 94.8 Å². The molecule has 2 saturated carbocycles. The Morgan fingerprint density at radius 3 is 2.62 bits per heavy atom. The van der Waals surface area contributed by atoms with Crippen LogP contribution >= 0.6 is 0 Å². The maximum atomic E-state index is 12.3. The number of aliphatic carboxylic acids is 1. The number of ketones is 1. The maximum absolute atomic E-state index is 12.3. The molecule has 3 N–H and O–H groups in total. The largest absolute Gasteiger partial charge is 0.481 e. The number of aliphatic hydroxyl groups is 2. The minimum absolute atomic E-state index is 0.000727. The van der Waals surface area contributed by atoms with Crippen LogP contribution in [0, 0.1) is 17.3 Å². The van der Waals surface area contributed by atoms with E-state index in [4.69, 9.17) is 5.11 Å². The van der Waals surface area contributed by atoms with Crippen LogP contribution in [0.5, 0.6) is 0 Å². The summed E-state index contributed by atoms with van der Waals surface area (Å²) in [4.78, 5) is 22.8. The molecule has 1 unspecified atom stereocenters. The second-order valence-electron chi connectivity index (χ2n) is 8.64. The van der Waals surface area contributed by atoms with E-state index in [1.165, 1.54) is 0 Å². The monoisotopic (exact) mass is 404 g/mol. The molecule has 0 aromatic rings. The second-order valence-corrected chi connectivity index (χ2v) is 8.64. The number of aliphatic hydroxyl groups excluding tert-OH is 2. The molecular formula is C24H36O5. The lowest BCUT2D eigenvalue weighted by molar-refractivity contribution is -0.137. The van der Waals surface area contributed by atoms with Gasteiger partial charge in [-0.1, -0.05) is 36.8 Å². The molecule has 5 heteroatoms. The number of carbonyl (C=O) groups excluding carboxylic acids is 1. The van der Waals surface area contributed by atoms with E-state index in [9.17, 15) is 19.8 Å². The molecule has 0 aromatic carbocycles. The first kappa shape index (κ1) is 23.6.